The normalized spacial score (nSPS) is 34.2. The smallest absolute Gasteiger partial charge is 0.343 e. The van der Waals surface area contributed by atoms with E-state index in [1.54, 1.807) is 12.1 Å². The minimum atomic E-state index is -1.67. The fraction of sp³-hybridized carbons (Fsp3) is 0.491. The maximum atomic E-state index is 14.1. The molecule has 20 heteroatoms. The lowest BCUT2D eigenvalue weighted by molar-refractivity contribution is -0.313. The zero-order valence-electron chi connectivity index (χ0n) is 43.4. The molecule has 404 valence electrons. The Morgan fingerprint density at radius 2 is 1.01 bits per heavy atom. The number of piperidine rings is 2. The SMILES string of the molecule is COC(=O)[C@H]1O[C@@H](O[C@H]2C=C[C@H]3[C@H]4Cc5ccc(OC(=O)c6ccc(C(=O)Oc7ccc8c9c7O[C@H]7[C@@H](OC(C)=O)C=C[C@H]%10[C@@H](C8)N(C)CC[C@@]9%107)cc6)c6c5[C@@]3(CCN4C)[C@H]2O6)[C@H](OC(C)=O)[C@@H](OC(C)=O)[C@@H]1OC(C)=O. The fourth-order valence-corrected chi connectivity index (χ4v) is 14.4. The van der Waals surface area contributed by atoms with Crippen LogP contribution in [-0.2, 0) is 80.8 Å². The second-order valence-corrected chi connectivity index (χ2v) is 21.5. The summed E-state index contributed by atoms with van der Waals surface area (Å²) in [5.41, 5.74) is 3.13. The van der Waals surface area contributed by atoms with Crippen LogP contribution in [0.3, 0.4) is 0 Å². The van der Waals surface area contributed by atoms with E-state index in [-0.39, 0.29) is 46.5 Å². The van der Waals surface area contributed by atoms with Gasteiger partial charge in [0.05, 0.1) is 18.2 Å². The number of hydrogen-bond acceptors (Lipinski definition) is 20. The Hall–Kier alpha value is -7.13. The number of hydrogen-bond donors (Lipinski definition) is 0. The van der Waals surface area contributed by atoms with E-state index >= 15 is 0 Å². The molecule has 0 radical (unpaired) electrons. The van der Waals surface area contributed by atoms with Gasteiger partial charge in [0.15, 0.2) is 53.5 Å². The zero-order valence-corrected chi connectivity index (χ0v) is 43.4. The Balaban J connectivity index is 0.803. The molecule has 0 saturated carbocycles. The summed E-state index contributed by atoms with van der Waals surface area (Å²) in [6.45, 7) is 6.24. The average Bonchev–Trinajstić information content (AvgIpc) is 3.87. The van der Waals surface area contributed by atoms with Crippen molar-refractivity contribution in [3.8, 4) is 23.0 Å². The lowest BCUT2D eigenvalue weighted by Crippen LogP contribution is -2.67. The lowest BCUT2D eigenvalue weighted by Gasteiger charge is -2.57. The molecule has 9 aliphatic rings. The molecule has 0 N–H and O–H groups in total. The van der Waals surface area contributed by atoms with Crippen LogP contribution in [0.2, 0.25) is 0 Å². The maximum Gasteiger partial charge on any atom is 0.343 e. The number of methoxy groups -OCH3 is 1. The van der Waals surface area contributed by atoms with Crippen molar-refractivity contribution in [2.75, 3.05) is 34.3 Å². The third-order valence-corrected chi connectivity index (χ3v) is 17.4. The molecule has 0 amide bonds. The minimum Gasteiger partial charge on any atom is -0.482 e. The molecule has 5 aliphatic heterocycles. The van der Waals surface area contributed by atoms with E-state index < -0.39 is 108 Å². The Kier molecular flexibility index (Phi) is 12.4. The van der Waals surface area contributed by atoms with Crippen molar-refractivity contribution in [1.29, 1.82) is 0 Å². The molecule has 0 aromatic heterocycles. The number of esters is 7. The zero-order chi connectivity index (χ0) is 54.0. The summed E-state index contributed by atoms with van der Waals surface area (Å²) < 4.78 is 66.4. The van der Waals surface area contributed by atoms with Crippen molar-refractivity contribution < 1.29 is 85.7 Å². The van der Waals surface area contributed by atoms with Crippen LogP contribution in [0, 0.1) is 11.8 Å². The number of rotatable bonds is 11. The number of carbonyl (C=O) groups excluding carboxylic acids is 7. The van der Waals surface area contributed by atoms with Crippen molar-refractivity contribution in [2.24, 2.45) is 11.8 Å². The molecule has 4 bridgehead atoms. The molecular formula is C57H58N2O18. The third-order valence-electron chi connectivity index (χ3n) is 17.4. The number of likely N-dealkylation sites (N-methyl/N-ethyl adjacent to an activating group) is 2. The molecule has 77 heavy (non-hydrogen) atoms. The van der Waals surface area contributed by atoms with Crippen LogP contribution in [0.5, 0.6) is 23.0 Å². The van der Waals surface area contributed by atoms with Gasteiger partial charge in [-0.1, -0.05) is 30.4 Å². The fourth-order valence-electron chi connectivity index (χ4n) is 14.4. The van der Waals surface area contributed by atoms with Crippen LogP contribution in [0.15, 0.2) is 72.8 Å². The summed E-state index contributed by atoms with van der Waals surface area (Å²) in [4.78, 5) is 95.9. The first-order valence-corrected chi connectivity index (χ1v) is 26.0. The lowest BCUT2D eigenvalue weighted by atomic mass is 9.53. The summed E-state index contributed by atoms with van der Waals surface area (Å²) in [6, 6.07) is 13.6. The molecular weight excluding hydrogens is 1000 g/mol. The van der Waals surface area contributed by atoms with Gasteiger partial charge in [-0.05, 0) is 106 Å². The first-order chi connectivity index (χ1) is 36.9. The Morgan fingerprint density at radius 1 is 0.558 bits per heavy atom. The van der Waals surface area contributed by atoms with E-state index in [0.717, 1.165) is 69.5 Å². The summed E-state index contributed by atoms with van der Waals surface area (Å²) in [6.07, 6.45) is 0.0143. The monoisotopic (exact) mass is 1060 g/mol. The van der Waals surface area contributed by atoms with E-state index in [9.17, 15) is 33.6 Å². The molecule has 0 unspecified atom stereocenters. The molecule has 5 heterocycles. The number of benzene rings is 3. The van der Waals surface area contributed by atoms with Gasteiger partial charge in [0, 0.05) is 73.6 Å². The standard InChI is InChI=1S/C57H58N2O18/c1-26(60)68-40-18-14-34-36-24-32-12-16-38(44-42(32)56(34,50(40)75-44)20-22-58(36)5)72-52(64)30-8-10-31(11-9-30)53(65)73-39-17-13-33-25-37-35-15-19-41(51-57(35,21-23-59(37)6)43(33)45(39)76-51)74-55-49(71-29(4)63)47(70-28(3)62)46(69-27(2)61)48(77-55)54(66)67-7/h8-19,34-37,40-41,46-51,55H,20-25H2,1-7H3/t34-,35-,36+,37+,40-,41-,46-,47-,48-,49+,50-,51-,55+,56-,57-/m0/s1. The van der Waals surface area contributed by atoms with Crippen LogP contribution in [0.4, 0.5) is 0 Å². The highest BCUT2D eigenvalue weighted by Crippen LogP contribution is 2.65. The van der Waals surface area contributed by atoms with Gasteiger partial charge in [-0.2, -0.15) is 0 Å². The van der Waals surface area contributed by atoms with E-state index in [2.05, 4.69) is 36.0 Å². The number of ether oxygens (including phenoxy) is 11. The summed E-state index contributed by atoms with van der Waals surface area (Å²) in [5.74, 6) is -3.96. The molecule has 3 fully saturated rings. The van der Waals surface area contributed by atoms with E-state index in [4.69, 9.17) is 52.1 Å². The Labute approximate surface area is 442 Å². The van der Waals surface area contributed by atoms with Gasteiger partial charge in [-0.25, -0.2) is 14.4 Å². The third kappa shape index (κ3) is 7.95. The van der Waals surface area contributed by atoms with Gasteiger partial charge in [0.25, 0.3) is 0 Å². The van der Waals surface area contributed by atoms with Crippen LogP contribution in [0.1, 0.15) is 83.5 Å². The van der Waals surface area contributed by atoms with Crippen molar-refractivity contribution in [3.05, 3.63) is 106 Å². The van der Waals surface area contributed by atoms with Crippen molar-refractivity contribution in [1.82, 2.24) is 9.80 Å². The van der Waals surface area contributed by atoms with E-state index in [1.165, 1.54) is 31.2 Å². The number of carbonyl (C=O) groups is 7. The predicted octanol–water partition coefficient (Wildman–Crippen LogP) is 4.02. The Morgan fingerprint density at radius 3 is 1.49 bits per heavy atom. The number of nitrogens with zero attached hydrogens (tertiary/aromatic N) is 2. The van der Waals surface area contributed by atoms with Crippen LogP contribution in [-0.4, -0.2) is 153 Å². The molecule has 15 atom stereocenters. The number of likely N-dealkylation sites (tertiary alicyclic amines) is 2. The second-order valence-electron chi connectivity index (χ2n) is 21.5. The minimum absolute atomic E-state index is 0.0687. The van der Waals surface area contributed by atoms with Crippen molar-refractivity contribution in [3.63, 3.8) is 0 Å². The van der Waals surface area contributed by atoms with Gasteiger partial charge < -0.3 is 61.9 Å². The summed E-state index contributed by atoms with van der Waals surface area (Å²) >= 11 is 0. The van der Waals surface area contributed by atoms with Crippen molar-refractivity contribution in [2.45, 2.75) is 131 Å². The highest BCUT2D eigenvalue weighted by molar-refractivity contribution is 5.95. The summed E-state index contributed by atoms with van der Waals surface area (Å²) in [7, 11) is 5.32. The first-order valence-electron chi connectivity index (χ1n) is 26.0. The van der Waals surface area contributed by atoms with Crippen molar-refractivity contribution >= 4 is 41.8 Å². The van der Waals surface area contributed by atoms with Crippen LogP contribution < -0.4 is 18.9 Å². The molecule has 3 saturated heterocycles. The topological polar surface area (TPSA) is 227 Å². The highest BCUT2D eigenvalue weighted by Gasteiger charge is 2.67. The van der Waals surface area contributed by atoms with Crippen LogP contribution >= 0.6 is 0 Å². The Bertz CT molecular complexity index is 3080. The van der Waals surface area contributed by atoms with Gasteiger partial charge in [-0.3, -0.25) is 19.2 Å². The quantitative estimate of drug-likeness (QED) is 0.114. The molecule has 4 aliphatic carbocycles. The van der Waals surface area contributed by atoms with Crippen LogP contribution in [0.25, 0.3) is 0 Å². The molecule has 2 spiro atoms. The molecule has 12 rings (SSSR count). The van der Waals surface area contributed by atoms with Gasteiger partial charge in [-0.15, -0.1) is 0 Å². The molecule has 3 aromatic rings. The maximum absolute atomic E-state index is 14.1. The van der Waals surface area contributed by atoms with E-state index in [0.29, 0.717) is 30.9 Å². The van der Waals surface area contributed by atoms with Gasteiger partial charge >= 0.3 is 41.8 Å². The summed E-state index contributed by atoms with van der Waals surface area (Å²) in [5, 5.41) is 0. The molecule has 3 aromatic carbocycles. The largest absolute Gasteiger partial charge is 0.482 e. The highest BCUT2D eigenvalue weighted by atomic mass is 16.7. The predicted molar refractivity (Wildman–Crippen MR) is 264 cm³/mol. The van der Waals surface area contributed by atoms with E-state index in [1.807, 2.05) is 24.3 Å². The second kappa shape index (κ2) is 18.8. The molecule has 20 nitrogen and oxygen atoms in total. The first kappa shape index (κ1) is 50.7. The van der Waals surface area contributed by atoms with Gasteiger partial charge in [0.1, 0.15) is 18.3 Å². The average molecular weight is 1060 g/mol. The van der Waals surface area contributed by atoms with Gasteiger partial charge in [0.2, 0.25) is 6.29 Å².